The Hall–Kier alpha value is -1.96. The molecule has 2 heteroatoms. The van der Waals surface area contributed by atoms with Crippen molar-refractivity contribution in [1.82, 2.24) is 0 Å². The summed E-state index contributed by atoms with van der Waals surface area (Å²) < 4.78 is 0. The quantitative estimate of drug-likeness (QED) is 0.820. The number of aromatic hydroxyl groups is 2. The molecule has 1 aliphatic rings. The van der Waals surface area contributed by atoms with E-state index in [0.717, 1.165) is 16.7 Å². The molecule has 3 rings (SSSR count). The van der Waals surface area contributed by atoms with Gasteiger partial charge >= 0.3 is 0 Å². The lowest BCUT2D eigenvalue weighted by molar-refractivity contribution is 0.414. The van der Waals surface area contributed by atoms with Gasteiger partial charge in [0.05, 0.1) is 0 Å². The third kappa shape index (κ3) is 2.64. The summed E-state index contributed by atoms with van der Waals surface area (Å²) in [5.41, 5.74) is 3.25. The van der Waals surface area contributed by atoms with Crippen LogP contribution in [-0.2, 0) is 0 Å². The van der Waals surface area contributed by atoms with Gasteiger partial charge in [-0.15, -0.1) is 0 Å². The summed E-state index contributed by atoms with van der Waals surface area (Å²) in [7, 11) is 0. The maximum Gasteiger partial charge on any atom is 0.119 e. The van der Waals surface area contributed by atoms with Gasteiger partial charge in [0, 0.05) is 0 Å². The molecule has 0 aliphatic heterocycles. The molecule has 0 spiro atoms. The Morgan fingerprint density at radius 2 is 1.40 bits per heavy atom. The van der Waals surface area contributed by atoms with E-state index in [9.17, 15) is 10.2 Å². The summed E-state index contributed by atoms with van der Waals surface area (Å²) in [6, 6.07) is 13.1. The zero-order valence-corrected chi connectivity index (χ0v) is 11.5. The minimum absolute atomic E-state index is 0.278. The van der Waals surface area contributed by atoms with Crippen LogP contribution in [0, 0.1) is 0 Å². The van der Waals surface area contributed by atoms with Crippen LogP contribution in [0.2, 0.25) is 0 Å². The molecule has 1 aliphatic carbocycles. The van der Waals surface area contributed by atoms with Crippen molar-refractivity contribution < 1.29 is 10.2 Å². The van der Waals surface area contributed by atoms with Crippen LogP contribution in [0.1, 0.15) is 43.6 Å². The van der Waals surface area contributed by atoms with Gasteiger partial charge in [0.2, 0.25) is 0 Å². The third-order valence-corrected chi connectivity index (χ3v) is 4.27. The lowest BCUT2D eigenvalue weighted by Crippen LogP contribution is -2.04. The lowest BCUT2D eigenvalue weighted by atomic mass is 9.83. The monoisotopic (exact) mass is 268 g/mol. The van der Waals surface area contributed by atoms with Crippen LogP contribution in [0.15, 0.2) is 42.5 Å². The molecule has 104 valence electrons. The maximum absolute atomic E-state index is 10.1. The van der Waals surface area contributed by atoms with Crippen molar-refractivity contribution in [2.75, 3.05) is 0 Å². The van der Waals surface area contributed by atoms with Crippen molar-refractivity contribution in [3.05, 3.63) is 48.0 Å². The van der Waals surface area contributed by atoms with Crippen molar-refractivity contribution in [1.29, 1.82) is 0 Å². The fourth-order valence-electron chi connectivity index (χ4n) is 3.13. The highest BCUT2D eigenvalue weighted by Crippen LogP contribution is 2.39. The molecule has 0 unspecified atom stereocenters. The number of phenols is 2. The van der Waals surface area contributed by atoms with Gasteiger partial charge in [-0.25, -0.2) is 0 Å². The molecule has 0 amide bonds. The minimum Gasteiger partial charge on any atom is -0.508 e. The molecule has 0 saturated heterocycles. The summed E-state index contributed by atoms with van der Waals surface area (Å²) >= 11 is 0. The van der Waals surface area contributed by atoms with Crippen molar-refractivity contribution in [3.63, 3.8) is 0 Å². The second-order valence-corrected chi connectivity index (χ2v) is 5.66. The maximum atomic E-state index is 10.1. The third-order valence-electron chi connectivity index (χ3n) is 4.27. The first-order chi connectivity index (χ1) is 9.74. The van der Waals surface area contributed by atoms with Crippen molar-refractivity contribution in [2.45, 2.75) is 38.0 Å². The van der Waals surface area contributed by atoms with E-state index >= 15 is 0 Å². The second kappa shape index (κ2) is 5.58. The Kier molecular flexibility index (Phi) is 3.64. The van der Waals surface area contributed by atoms with Crippen molar-refractivity contribution in [3.8, 4) is 22.6 Å². The van der Waals surface area contributed by atoms with Crippen LogP contribution < -0.4 is 0 Å². The summed E-state index contributed by atoms with van der Waals surface area (Å²) in [5.74, 6) is 1.18. The van der Waals surface area contributed by atoms with Crippen LogP contribution in [0.3, 0.4) is 0 Å². The van der Waals surface area contributed by atoms with Gasteiger partial charge in [-0.2, -0.15) is 0 Å². The van der Waals surface area contributed by atoms with E-state index in [1.54, 1.807) is 18.2 Å². The number of rotatable bonds is 2. The van der Waals surface area contributed by atoms with E-state index in [0.29, 0.717) is 11.7 Å². The van der Waals surface area contributed by atoms with E-state index in [-0.39, 0.29) is 5.75 Å². The first-order valence-corrected chi connectivity index (χ1v) is 7.36. The zero-order valence-electron chi connectivity index (χ0n) is 11.5. The normalized spacial score (nSPS) is 16.2. The average Bonchev–Trinajstić information content (AvgIpc) is 2.50. The van der Waals surface area contributed by atoms with Gasteiger partial charge in [0.25, 0.3) is 0 Å². The summed E-state index contributed by atoms with van der Waals surface area (Å²) in [4.78, 5) is 0. The highest BCUT2D eigenvalue weighted by Gasteiger charge is 2.19. The largest absolute Gasteiger partial charge is 0.508 e. The summed E-state index contributed by atoms with van der Waals surface area (Å²) in [6.07, 6.45) is 6.18. The summed E-state index contributed by atoms with van der Waals surface area (Å²) in [6.45, 7) is 0. The van der Waals surface area contributed by atoms with Crippen LogP contribution >= 0.6 is 0 Å². The molecule has 20 heavy (non-hydrogen) atoms. The number of phenolic OH excluding ortho intramolecular Hbond substituents is 2. The molecule has 2 nitrogen and oxygen atoms in total. The Bertz CT molecular complexity index is 581. The van der Waals surface area contributed by atoms with Crippen LogP contribution in [0.25, 0.3) is 11.1 Å². The predicted molar refractivity (Wildman–Crippen MR) is 81.0 cm³/mol. The Morgan fingerprint density at radius 1 is 0.750 bits per heavy atom. The highest BCUT2D eigenvalue weighted by molar-refractivity contribution is 5.66. The van der Waals surface area contributed by atoms with Gasteiger partial charge in [-0.1, -0.05) is 37.5 Å². The van der Waals surface area contributed by atoms with Gasteiger partial charge in [0.1, 0.15) is 11.5 Å². The van der Waals surface area contributed by atoms with E-state index < -0.39 is 0 Å². The summed E-state index contributed by atoms with van der Waals surface area (Å²) in [5, 5.41) is 19.5. The van der Waals surface area contributed by atoms with E-state index in [1.807, 2.05) is 18.2 Å². The fraction of sp³-hybridized carbons (Fsp3) is 0.333. The molecular weight excluding hydrogens is 248 g/mol. The smallest absolute Gasteiger partial charge is 0.119 e. The van der Waals surface area contributed by atoms with E-state index in [4.69, 9.17) is 0 Å². The molecule has 2 aromatic rings. The molecular formula is C18H20O2. The molecule has 0 bridgehead atoms. The highest BCUT2D eigenvalue weighted by atomic mass is 16.3. The SMILES string of the molecule is Oc1ccc(-c2ccc(O)c(C3CCCCC3)c2)cc1. The van der Waals surface area contributed by atoms with Crippen LogP contribution in [0.5, 0.6) is 11.5 Å². The van der Waals surface area contributed by atoms with Gasteiger partial charge < -0.3 is 10.2 Å². The molecule has 0 aromatic heterocycles. The van der Waals surface area contributed by atoms with Crippen molar-refractivity contribution >= 4 is 0 Å². The molecule has 2 aromatic carbocycles. The number of hydrogen-bond acceptors (Lipinski definition) is 2. The Morgan fingerprint density at radius 3 is 2.10 bits per heavy atom. The fourth-order valence-corrected chi connectivity index (χ4v) is 3.13. The van der Waals surface area contributed by atoms with Crippen LogP contribution in [-0.4, -0.2) is 10.2 Å². The molecule has 1 fully saturated rings. The first-order valence-electron chi connectivity index (χ1n) is 7.36. The van der Waals surface area contributed by atoms with Gasteiger partial charge in [-0.3, -0.25) is 0 Å². The van der Waals surface area contributed by atoms with Gasteiger partial charge in [0.15, 0.2) is 0 Å². The second-order valence-electron chi connectivity index (χ2n) is 5.66. The molecule has 0 radical (unpaired) electrons. The standard InChI is InChI=1S/C18H20O2/c19-16-9-6-13(7-10-16)15-8-11-18(20)17(12-15)14-4-2-1-3-5-14/h6-12,14,19-20H,1-5H2. The van der Waals surface area contributed by atoms with E-state index in [2.05, 4.69) is 6.07 Å². The number of benzene rings is 2. The molecule has 2 N–H and O–H groups in total. The van der Waals surface area contributed by atoms with Gasteiger partial charge in [-0.05, 0) is 59.7 Å². The minimum atomic E-state index is 0.278. The van der Waals surface area contributed by atoms with E-state index in [1.165, 1.54) is 32.1 Å². The topological polar surface area (TPSA) is 40.5 Å². The zero-order chi connectivity index (χ0) is 13.9. The Balaban J connectivity index is 1.95. The predicted octanol–water partition coefficient (Wildman–Crippen LogP) is 4.81. The average molecular weight is 268 g/mol. The Labute approximate surface area is 119 Å². The molecule has 0 atom stereocenters. The first kappa shape index (κ1) is 13.0. The lowest BCUT2D eigenvalue weighted by Gasteiger charge is -2.23. The molecule has 1 saturated carbocycles. The van der Waals surface area contributed by atoms with Crippen LogP contribution in [0.4, 0.5) is 0 Å². The molecule has 0 heterocycles. The number of hydrogen-bond donors (Lipinski definition) is 2. The van der Waals surface area contributed by atoms with Crippen molar-refractivity contribution in [2.24, 2.45) is 0 Å².